The van der Waals surface area contributed by atoms with E-state index in [2.05, 4.69) is 15.0 Å². The first-order valence-corrected chi connectivity index (χ1v) is 9.38. The van der Waals surface area contributed by atoms with E-state index in [1.165, 1.54) is 11.4 Å². The minimum atomic E-state index is -3.57. The molecule has 0 amide bonds. The molecule has 0 atom stereocenters. The van der Waals surface area contributed by atoms with Gasteiger partial charge in [-0.25, -0.2) is 18.4 Å². The first-order valence-electron chi connectivity index (χ1n) is 7.94. The van der Waals surface area contributed by atoms with Crippen LogP contribution in [-0.4, -0.2) is 58.5 Å². The number of nitrogens with zero attached hydrogens (tertiary/aromatic N) is 5. The van der Waals surface area contributed by atoms with Crippen LogP contribution in [0.3, 0.4) is 0 Å². The molecule has 3 rings (SSSR count). The molecule has 9 nitrogen and oxygen atoms in total. The van der Waals surface area contributed by atoms with Crippen LogP contribution in [0.25, 0.3) is 0 Å². The molecule has 2 aromatic rings. The molecule has 1 fully saturated rings. The number of sulfonamides is 1. The Balaban J connectivity index is 1.63. The second-order valence-corrected chi connectivity index (χ2v) is 7.72. The normalized spacial score (nSPS) is 16.8. The highest BCUT2D eigenvalue weighted by Crippen LogP contribution is 2.23. The molecular formula is C15H21N5O4S. The highest BCUT2D eigenvalue weighted by atomic mass is 32.2. The van der Waals surface area contributed by atoms with Gasteiger partial charge in [0.1, 0.15) is 11.9 Å². The smallest absolute Gasteiger partial charge is 0.319 e. The van der Waals surface area contributed by atoms with Gasteiger partial charge in [-0.15, -0.1) is 0 Å². The zero-order valence-corrected chi connectivity index (χ0v) is 15.2. The van der Waals surface area contributed by atoms with Crippen molar-refractivity contribution in [2.45, 2.75) is 30.9 Å². The van der Waals surface area contributed by atoms with E-state index in [-0.39, 0.29) is 17.1 Å². The Hall–Kier alpha value is -2.20. The van der Waals surface area contributed by atoms with Gasteiger partial charge in [0.15, 0.2) is 5.03 Å². The number of aryl methyl sites for hydroxylation is 2. The molecule has 0 N–H and O–H groups in total. The fourth-order valence-electron chi connectivity index (χ4n) is 2.63. The average molecular weight is 367 g/mol. The van der Waals surface area contributed by atoms with Crippen molar-refractivity contribution in [2.75, 3.05) is 20.2 Å². The molecule has 136 valence electrons. The van der Waals surface area contributed by atoms with Crippen LogP contribution in [0.15, 0.2) is 23.5 Å². The first kappa shape index (κ1) is 17.6. The molecule has 2 aromatic heterocycles. The Bertz CT molecular complexity index is 824. The first-order chi connectivity index (χ1) is 11.9. The van der Waals surface area contributed by atoms with E-state index in [1.54, 1.807) is 37.0 Å². The lowest BCUT2D eigenvalue weighted by Gasteiger charge is -2.30. The number of imidazole rings is 1. The Morgan fingerprint density at radius 1 is 1.24 bits per heavy atom. The van der Waals surface area contributed by atoms with Crippen LogP contribution in [0.2, 0.25) is 0 Å². The van der Waals surface area contributed by atoms with E-state index < -0.39 is 10.0 Å². The summed E-state index contributed by atoms with van der Waals surface area (Å²) < 4.78 is 39.3. The van der Waals surface area contributed by atoms with E-state index in [9.17, 15) is 8.42 Å². The lowest BCUT2D eigenvalue weighted by atomic mass is 10.1. The molecule has 3 heterocycles. The van der Waals surface area contributed by atoms with Crippen LogP contribution in [0.5, 0.6) is 11.9 Å². The molecule has 10 heteroatoms. The van der Waals surface area contributed by atoms with Crippen molar-refractivity contribution in [3.63, 3.8) is 0 Å². The minimum absolute atomic E-state index is 0.0902. The molecule has 0 aromatic carbocycles. The molecule has 1 saturated heterocycles. The van der Waals surface area contributed by atoms with Crippen molar-refractivity contribution in [2.24, 2.45) is 7.05 Å². The molecule has 0 aliphatic carbocycles. The van der Waals surface area contributed by atoms with Crippen LogP contribution in [0, 0.1) is 6.92 Å². The molecular weight excluding hydrogens is 346 g/mol. The molecule has 25 heavy (non-hydrogen) atoms. The third-order valence-corrected chi connectivity index (χ3v) is 5.94. The largest absolute Gasteiger partial charge is 0.474 e. The summed E-state index contributed by atoms with van der Waals surface area (Å²) in [5.41, 5.74) is 0. The van der Waals surface area contributed by atoms with Gasteiger partial charge >= 0.3 is 6.01 Å². The number of piperidine rings is 1. The van der Waals surface area contributed by atoms with Crippen LogP contribution in [-0.2, 0) is 17.1 Å². The van der Waals surface area contributed by atoms with Crippen molar-refractivity contribution in [3.8, 4) is 11.9 Å². The van der Waals surface area contributed by atoms with Gasteiger partial charge in [-0.05, 0) is 19.8 Å². The Morgan fingerprint density at radius 3 is 2.56 bits per heavy atom. The number of hydrogen-bond donors (Lipinski definition) is 0. The molecule has 0 saturated carbocycles. The van der Waals surface area contributed by atoms with Gasteiger partial charge in [-0.3, -0.25) is 0 Å². The quantitative estimate of drug-likeness (QED) is 0.769. The Morgan fingerprint density at radius 2 is 1.96 bits per heavy atom. The minimum Gasteiger partial charge on any atom is -0.474 e. The maximum atomic E-state index is 12.7. The fraction of sp³-hybridized carbons (Fsp3) is 0.533. The molecule has 1 aliphatic heterocycles. The van der Waals surface area contributed by atoms with Crippen LogP contribution >= 0.6 is 0 Å². The summed E-state index contributed by atoms with van der Waals surface area (Å²) in [5.74, 6) is 1.09. The zero-order valence-electron chi connectivity index (χ0n) is 14.4. The van der Waals surface area contributed by atoms with E-state index in [1.807, 2.05) is 0 Å². The third-order valence-electron chi connectivity index (χ3n) is 4.17. The topological polar surface area (TPSA) is 99.4 Å². The predicted molar refractivity (Wildman–Crippen MR) is 88.9 cm³/mol. The maximum Gasteiger partial charge on any atom is 0.319 e. The average Bonchev–Trinajstić information content (AvgIpc) is 2.95. The molecule has 0 spiro atoms. The number of rotatable bonds is 5. The number of aromatic nitrogens is 4. The summed E-state index contributed by atoms with van der Waals surface area (Å²) in [6.07, 6.45) is 4.16. The van der Waals surface area contributed by atoms with Gasteiger partial charge in [0.25, 0.3) is 10.0 Å². The van der Waals surface area contributed by atoms with Crippen molar-refractivity contribution in [1.29, 1.82) is 0 Å². The van der Waals surface area contributed by atoms with Crippen molar-refractivity contribution in [1.82, 2.24) is 23.8 Å². The molecule has 0 unspecified atom stereocenters. The highest BCUT2D eigenvalue weighted by molar-refractivity contribution is 7.89. The van der Waals surface area contributed by atoms with Gasteiger partial charge in [0, 0.05) is 38.6 Å². The van der Waals surface area contributed by atoms with Crippen molar-refractivity contribution < 1.29 is 17.9 Å². The summed E-state index contributed by atoms with van der Waals surface area (Å²) in [4.78, 5) is 12.2. The lowest BCUT2D eigenvalue weighted by molar-refractivity contribution is 0.128. The SMILES string of the molecule is COc1nccc(OC2CCN(S(=O)(=O)c3cn(C)c(C)n3)CC2)n1. The monoisotopic (exact) mass is 367 g/mol. The molecule has 0 bridgehead atoms. The third kappa shape index (κ3) is 3.74. The second kappa shape index (κ2) is 6.96. The van der Waals surface area contributed by atoms with Crippen molar-refractivity contribution >= 4 is 10.0 Å². The van der Waals surface area contributed by atoms with Gasteiger partial charge in [0.05, 0.1) is 7.11 Å². The van der Waals surface area contributed by atoms with Gasteiger partial charge in [-0.2, -0.15) is 9.29 Å². The zero-order chi connectivity index (χ0) is 18.0. The molecule has 1 aliphatic rings. The summed E-state index contributed by atoms with van der Waals surface area (Å²) in [6, 6.07) is 1.89. The van der Waals surface area contributed by atoms with E-state index >= 15 is 0 Å². The summed E-state index contributed by atoms with van der Waals surface area (Å²) >= 11 is 0. The molecule has 0 radical (unpaired) electrons. The van der Waals surface area contributed by atoms with E-state index in [0.717, 1.165) is 0 Å². The lowest BCUT2D eigenvalue weighted by Crippen LogP contribution is -2.41. The Labute approximate surface area is 146 Å². The van der Waals surface area contributed by atoms with Gasteiger partial charge < -0.3 is 14.0 Å². The predicted octanol–water partition coefficient (Wildman–Crippen LogP) is 0.759. The summed E-state index contributed by atoms with van der Waals surface area (Å²) in [6.45, 7) is 2.53. The van der Waals surface area contributed by atoms with Crippen LogP contribution in [0.1, 0.15) is 18.7 Å². The fourth-order valence-corrected chi connectivity index (χ4v) is 4.13. The maximum absolute atomic E-state index is 12.7. The van der Waals surface area contributed by atoms with Gasteiger partial charge in [0.2, 0.25) is 5.88 Å². The van der Waals surface area contributed by atoms with E-state index in [0.29, 0.717) is 37.6 Å². The number of hydrogen-bond acceptors (Lipinski definition) is 7. The Kier molecular flexibility index (Phi) is 4.91. The van der Waals surface area contributed by atoms with E-state index in [4.69, 9.17) is 9.47 Å². The van der Waals surface area contributed by atoms with Crippen LogP contribution < -0.4 is 9.47 Å². The summed E-state index contributed by atoms with van der Waals surface area (Å²) in [7, 11) is -0.307. The van der Waals surface area contributed by atoms with Gasteiger partial charge in [-0.1, -0.05) is 0 Å². The van der Waals surface area contributed by atoms with Crippen LogP contribution in [0.4, 0.5) is 0 Å². The number of ether oxygens (including phenoxy) is 2. The highest BCUT2D eigenvalue weighted by Gasteiger charge is 2.32. The standard InChI is InChI=1S/C15H21N5O4S/c1-11-17-14(10-19(11)2)25(21,22)20-8-5-12(6-9-20)24-13-4-7-16-15(18-13)23-3/h4,7,10,12H,5-6,8-9H2,1-3H3. The second-order valence-electron chi connectivity index (χ2n) is 5.84. The number of methoxy groups -OCH3 is 1. The summed E-state index contributed by atoms with van der Waals surface area (Å²) in [5, 5.41) is 0.0902. The van der Waals surface area contributed by atoms with Crippen molar-refractivity contribution in [3.05, 3.63) is 24.3 Å².